The Labute approximate surface area is 76.7 Å². The molecule has 0 aromatic rings. The zero-order valence-corrected chi connectivity index (χ0v) is 8.32. The van der Waals surface area contributed by atoms with E-state index < -0.39 is 5.91 Å². The molecule has 0 rings (SSSR count). The zero-order chi connectivity index (χ0) is 8.53. The summed E-state index contributed by atoms with van der Waals surface area (Å²) in [5.41, 5.74) is 6.65. The molecule has 1 amide bonds. The number of hydrogen-bond donors (Lipinski definition) is 0. The molecule has 65 valence electrons. The second-order valence-electron chi connectivity index (χ2n) is 2.63. The van der Waals surface area contributed by atoms with Gasteiger partial charge >= 0.3 is 0 Å². The van der Waals surface area contributed by atoms with Gasteiger partial charge in [0.25, 0.3) is 0 Å². The molecular weight excluding hydrogens is 206 g/mol. The lowest BCUT2D eigenvalue weighted by Crippen LogP contribution is -1.96. The number of hydrogen-bond acceptors (Lipinski definition) is 1. The Morgan fingerprint density at radius 1 is 1.09 bits per heavy atom. The molecule has 1 radical (unpaired) electrons. The van der Waals surface area contributed by atoms with E-state index in [0.717, 1.165) is 18.2 Å². The fourth-order valence-electron chi connectivity index (χ4n) is 0.910. The normalized spacial score (nSPS) is 9.91. The molecule has 0 bridgehead atoms. The number of carbonyl (C=O) groups excluding carboxylic acids is 1. The summed E-state index contributed by atoms with van der Waals surface area (Å²) in [6, 6.07) is 0. The Kier molecular flexibility index (Phi) is 8.01. The van der Waals surface area contributed by atoms with Crippen molar-refractivity contribution in [3.05, 3.63) is 0 Å². The number of rotatable bonds is 7. The first kappa shape index (κ1) is 11.0. The zero-order valence-electron chi connectivity index (χ0n) is 6.74. The smallest absolute Gasteiger partial charge is 0.238 e. The highest BCUT2D eigenvalue weighted by atomic mass is 79.9. The molecule has 0 fully saturated rings. The molecule has 0 aliphatic heterocycles. The van der Waals surface area contributed by atoms with E-state index in [4.69, 9.17) is 5.73 Å². The second-order valence-corrected chi connectivity index (χ2v) is 3.42. The highest BCUT2D eigenvalue weighted by Gasteiger charge is 1.94. The second kappa shape index (κ2) is 8.05. The van der Waals surface area contributed by atoms with Crippen LogP contribution in [0.2, 0.25) is 0 Å². The summed E-state index contributed by atoms with van der Waals surface area (Å²) in [4.78, 5) is 10.2. The van der Waals surface area contributed by atoms with Crippen molar-refractivity contribution in [2.24, 2.45) is 0 Å². The van der Waals surface area contributed by atoms with Crippen LogP contribution >= 0.6 is 15.9 Å². The Morgan fingerprint density at radius 2 is 1.64 bits per heavy atom. The van der Waals surface area contributed by atoms with E-state index in [0.29, 0.717) is 6.42 Å². The fourth-order valence-corrected chi connectivity index (χ4v) is 1.31. The lowest BCUT2D eigenvalue weighted by atomic mass is 10.1. The van der Waals surface area contributed by atoms with E-state index in [1.807, 2.05) is 0 Å². The Balaban J connectivity index is 2.85. The van der Waals surface area contributed by atoms with Crippen LogP contribution in [0.4, 0.5) is 0 Å². The highest BCUT2D eigenvalue weighted by molar-refractivity contribution is 9.09. The molecule has 0 heterocycles. The third-order valence-electron chi connectivity index (χ3n) is 1.54. The predicted octanol–water partition coefficient (Wildman–Crippen LogP) is 2.53. The average molecular weight is 221 g/mol. The Hall–Kier alpha value is -0.0500. The van der Waals surface area contributed by atoms with Crippen LogP contribution in [0.5, 0.6) is 0 Å². The third-order valence-corrected chi connectivity index (χ3v) is 2.10. The van der Waals surface area contributed by atoms with Crippen LogP contribution in [0, 0.1) is 0 Å². The van der Waals surface area contributed by atoms with Crippen molar-refractivity contribution in [1.82, 2.24) is 5.73 Å². The average Bonchev–Trinajstić information content (AvgIpc) is 1.96. The van der Waals surface area contributed by atoms with Gasteiger partial charge in [0.1, 0.15) is 0 Å². The molecule has 0 aliphatic carbocycles. The number of unbranched alkanes of at least 4 members (excludes halogenated alkanes) is 4. The van der Waals surface area contributed by atoms with Gasteiger partial charge in [0.2, 0.25) is 5.91 Å². The van der Waals surface area contributed by atoms with Gasteiger partial charge in [-0.25, -0.2) is 0 Å². The SMILES string of the molecule is [NH]C(=O)CCCCCCCBr. The summed E-state index contributed by atoms with van der Waals surface area (Å²) in [7, 11) is 0. The van der Waals surface area contributed by atoms with E-state index in [-0.39, 0.29) is 0 Å². The van der Waals surface area contributed by atoms with Gasteiger partial charge in [0.15, 0.2) is 0 Å². The lowest BCUT2D eigenvalue weighted by molar-refractivity contribution is -0.118. The summed E-state index contributed by atoms with van der Waals surface area (Å²) in [5, 5.41) is 1.07. The molecule has 1 N–H and O–H groups in total. The van der Waals surface area contributed by atoms with Crippen LogP contribution in [0.15, 0.2) is 0 Å². The van der Waals surface area contributed by atoms with Crippen LogP contribution in [0.3, 0.4) is 0 Å². The van der Waals surface area contributed by atoms with Crippen molar-refractivity contribution in [3.8, 4) is 0 Å². The first-order chi connectivity index (χ1) is 5.27. The van der Waals surface area contributed by atoms with Gasteiger partial charge in [-0.1, -0.05) is 35.2 Å². The van der Waals surface area contributed by atoms with Crippen LogP contribution in [-0.2, 0) is 4.79 Å². The Morgan fingerprint density at radius 3 is 2.18 bits per heavy atom. The molecule has 0 unspecified atom stereocenters. The molecule has 0 saturated carbocycles. The highest BCUT2D eigenvalue weighted by Crippen LogP contribution is 2.05. The van der Waals surface area contributed by atoms with Crippen LogP contribution in [0.1, 0.15) is 38.5 Å². The molecule has 11 heavy (non-hydrogen) atoms. The standard InChI is InChI=1S/C8H15BrNO/c9-7-5-3-1-2-4-6-8(10)11/h10H,1-7H2. The van der Waals surface area contributed by atoms with Crippen molar-refractivity contribution < 1.29 is 4.79 Å². The molecular formula is C8H15BrNO. The summed E-state index contributed by atoms with van der Waals surface area (Å²) in [5.74, 6) is -0.425. The van der Waals surface area contributed by atoms with Gasteiger partial charge in [-0.15, -0.1) is 0 Å². The van der Waals surface area contributed by atoms with Crippen LogP contribution < -0.4 is 5.73 Å². The first-order valence-corrected chi connectivity index (χ1v) is 5.20. The topological polar surface area (TPSA) is 40.9 Å². The fraction of sp³-hybridized carbons (Fsp3) is 0.875. The summed E-state index contributed by atoms with van der Waals surface area (Å²) >= 11 is 3.36. The minimum Gasteiger partial charge on any atom is -0.273 e. The van der Waals surface area contributed by atoms with Crippen LogP contribution in [0.25, 0.3) is 0 Å². The Bertz CT molecular complexity index is 106. The van der Waals surface area contributed by atoms with E-state index in [1.165, 1.54) is 19.3 Å². The largest absolute Gasteiger partial charge is 0.273 e. The molecule has 0 aromatic carbocycles. The number of alkyl halides is 1. The lowest BCUT2D eigenvalue weighted by Gasteiger charge is -1.96. The first-order valence-electron chi connectivity index (χ1n) is 4.07. The van der Waals surface area contributed by atoms with E-state index in [2.05, 4.69) is 15.9 Å². The van der Waals surface area contributed by atoms with Gasteiger partial charge in [-0.05, 0) is 12.8 Å². The van der Waals surface area contributed by atoms with Crippen molar-refractivity contribution >= 4 is 21.8 Å². The van der Waals surface area contributed by atoms with Gasteiger partial charge in [0.05, 0.1) is 0 Å². The van der Waals surface area contributed by atoms with Crippen molar-refractivity contribution in [1.29, 1.82) is 0 Å². The van der Waals surface area contributed by atoms with E-state index in [9.17, 15) is 4.79 Å². The number of carbonyl (C=O) groups is 1. The molecule has 0 aromatic heterocycles. The van der Waals surface area contributed by atoms with Gasteiger partial charge in [-0.2, -0.15) is 0 Å². The molecule has 0 atom stereocenters. The van der Waals surface area contributed by atoms with E-state index >= 15 is 0 Å². The maximum Gasteiger partial charge on any atom is 0.238 e. The molecule has 0 saturated heterocycles. The summed E-state index contributed by atoms with van der Waals surface area (Å²) < 4.78 is 0. The van der Waals surface area contributed by atoms with Crippen molar-refractivity contribution in [2.45, 2.75) is 38.5 Å². The molecule has 2 nitrogen and oxygen atoms in total. The minimum atomic E-state index is -0.425. The van der Waals surface area contributed by atoms with E-state index in [1.54, 1.807) is 0 Å². The summed E-state index contributed by atoms with van der Waals surface area (Å²) in [6.07, 6.45) is 6.07. The minimum absolute atomic E-state index is 0.425. The van der Waals surface area contributed by atoms with Gasteiger partial charge in [0, 0.05) is 11.8 Å². The molecule has 0 spiro atoms. The summed E-state index contributed by atoms with van der Waals surface area (Å²) in [6.45, 7) is 0. The van der Waals surface area contributed by atoms with Crippen LogP contribution in [-0.4, -0.2) is 11.2 Å². The maximum absolute atomic E-state index is 10.2. The molecule has 3 heteroatoms. The maximum atomic E-state index is 10.2. The number of nitrogens with one attached hydrogen (secondary N) is 1. The predicted molar refractivity (Wildman–Crippen MR) is 49.6 cm³/mol. The van der Waals surface area contributed by atoms with Crippen molar-refractivity contribution in [2.75, 3.05) is 5.33 Å². The number of amides is 1. The number of halogens is 1. The van der Waals surface area contributed by atoms with Crippen molar-refractivity contribution in [3.63, 3.8) is 0 Å². The monoisotopic (exact) mass is 220 g/mol. The quantitative estimate of drug-likeness (QED) is 0.481. The van der Waals surface area contributed by atoms with Gasteiger partial charge < -0.3 is 0 Å². The third kappa shape index (κ3) is 9.95. The van der Waals surface area contributed by atoms with Gasteiger partial charge in [-0.3, -0.25) is 10.5 Å². The molecule has 0 aliphatic rings.